The van der Waals surface area contributed by atoms with Crippen molar-refractivity contribution >= 4 is 5.91 Å². The number of hydrogen-bond acceptors (Lipinski definition) is 2. The van der Waals surface area contributed by atoms with Gasteiger partial charge in [-0.05, 0) is 30.7 Å². The first-order valence-corrected chi connectivity index (χ1v) is 8.32. The van der Waals surface area contributed by atoms with Crippen molar-refractivity contribution < 1.29 is 4.79 Å². The van der Waals surface area contributed by atoms with E-state index >= 15 is 0 Å². The molecule has 0 N–H and O–H groups in total. The summed E-state index contributed by atoms with van der Waals surface area (Å²) in [5, 5.41) is 0. The number of amides is 1. The Morgan fingerprint density at radius 2 is 1.95 bits per heavy atom. The van der Waals surface area contributed by atoms with Crippen LogP contribution in [-0.2, 0) is 11.3 Å². The van der Waals surface area contributed by atoms with E-state index < -0.39 is 0 Å². The molecule has 3 heteroatoms. The van der Waals surface area contributed by atoms with Gasteiger partial charge in [-0.1, -0.05) is 37.3 Å². The summed E-state index contributed by atoms with van der Waals surface area (Å²) in [4.78, 5) is 17.2. The van der Waals surface area contributed by atoms with Gasteiger partial charge in [-0.3, -0.25) is 4.79 Å². The quantitative estimate of drug-likeness (QED) is 0.831. The second-order valence-electron chi connectivity index (χ2n) is 6.52. The van der Waals surface area contributed by atoms with Crippen molar-refractivity contribution in [2.24, 2.45) is 5.92 Å². The van der Waals surface area contributed by atoms with Crippen molar-refractivity contribution in [3.8, 4) is 0 Å². The molecule has 1 unspecified atom stereocenters. The summed E-state index contributed by atoms with van der Waals surface area (Å²) < 4.78 is 0. The van der Waals surface area contributed by atoms with Crippen LogP contribution in [0.2, 0.25) is 0 Å². The smallest absolute Gasteiger partial charge is 0.224 e. The van der Waals surface area contributed by atoms with Crippen LogP contribution >= 0.6 is 0 Å². The zero-order valence-electron chi connectivity index (χ0n) is 13.0. The maximum absolute atomic E-state index is 12.5. The molecule has 3 nitrogen and oxygen atoms in total. The third-order valence-electron chi connectivity index (χ3n) is 4.75. The Labute approximate surface area is 127 Å². The standard InChI is InChI=1S/C18H26N2O/c1-2-17-14-19(12-16-8-9-16)11-10-18(21)20(17)13-15-6-4-3-5-7-15/h3-7,16-17H,2,8-14H2,1H3. The number of rotatable bonds is 5. The van der Waals surface area contributed by atoms with Crippen LogP contribution in [0.15, 0.2) is 30.3 Å². The van der Waals surface area contributed by atoms with Crippen LogP contribution in [0.5, 0.6) is 0 Å². The molecule has 21 heavy (non-hydrogen) atoms. The van der Waals surface area contributed by atoms with Gasteiger partial charge in [0.25, 0.3) is 0 Å². The van der Waals surface area contributed by atoms with Gasteiger partial charge in [0.2, 0.25) is 5.91 Å². The molecule has 0 spiro atoms. The lowest BCUT2D eigenvalue weighted by Gasteiger charge is -2.31. The van der Waals surface area contributed by atoms with E-state index in [2.05, 4.69) is 41.0 Å². The lowest BCUT2D eigenvalue weighted by atomic mass is 10.1. The van der Waals surface area contributed by atoms with Crippen molar-refractivity contribution in [3.05, 3.63) is 35.9 Å². The Morgan fingerprint density at radius 3 is 2.62 bits per heavy atom. The Balaban J connectivity index is 1.69. The molecule has 0 radical (unpaired) electrons. The second kappa shape index (κ2) is 6.61. The van der Waals surface area contributed by atoms with Gasteiger partial charge < -0.3 is 9.80 Å². The molecule has 114 valence electrons. The molecule has 1 saturated heterocycles. The lowest BCUT2D eigenvalue weighted by Crippen LogP contribution is -2.42. The molecule has 0 aromatic heterocycles. The average Bonchev–Trinajstić information content (AvgIpc) is 3.33. The molecule has 1 aliphatic carbocycles. The normalized spacial score (nSPS) is 24.1. The van der Waals surface area contributed by atoms with Crippen LogP contribution in [0.4, 0.5) is 0 Å². The van der Waals surface area contributed by atoms with Crippen molar-refractivity contribution in [1.82, 2.24) is 9.80 Å². The Hall–Kier alpha value is -1.35. The number of carbonyl (C=O) groups excluding carboxylic acids is 1. The van der Waals surface area contributed by atoms with E-state index in [4.69, 9.17) is 0 Å². The Morgan fingerprint density at radius 1 is 1.19 bits per heavy atom. The Bertz CT molecular complexity index is 469. The van der Waals surface area contributed by atoms with Crippen LogP contribution in [0.1, 0.15) is 38.2 Å². The molecule has 1 aliphatic heterocycles. The van der Waals surface area contributed by atoms with Gasteiger partial charge in [-0.15, -0.1) is 0 Å². The second-order valence-corrected chi connectivity index (χ2v) is 6.52. The topological polar surface area (TPSA) is 23.6 Å². The molecule has 1 saturated carbocycles. The Kier molecular flexibility index (Phi) is 4.59. The average molecular weight is 286 g/mol. The van der Waals surface area contributed by atoms with Crippen LogP contribution in [0.3, 0.4) is 0 Å². The van der Waals surface area contributed by atoms with Crippen LogP contribution < -0.4 is 0 Å². The first-order valence-electron chi connectivity index (χ1n) is 8.32. The van der Waals surface area contributed by atoms with Crippen LogP contribution in [0, 0.1) is 5.92 Å². The van der Waals surface area contributed by atoms with E-state index in [1.54, 1.807) is 0 Å². The SMILES string of the molecule is CCC1CN(CC2CC2)CCC(=O)N1Cc1ccccc1. The van der Waals surface area contributed by atoms with Crippen molar-refractivity contribution in [2.75, 3.05) is 19.6 Å². The van der Waals surface area contributed by atoms with E-state index in [0.717, 1.165) is 32.0 Å². The summed E-state index contributed by atoms with van der Waals surface area (Å²) in [6.45, 7) is 6.15. The predicted molar refractivity (Wildman–Crippen MR) is 84.9 cm³/mol. The minimum Gasteiger partial charge on any atom is -0.334 e. The highest BCUT2D eigenvalue weighted by atomic mass is 16.2. The van der Waals surface area contributed by atoms with Gasteiger partial charge in [0.15, 0.2) is 0 Å². The van der Waals surface area contributed by atoms with Gasteiger partial charge in [-0.25, -0.2) is 0 Å². The fourth-order valence-electron chi connectivity index (χ4n) is 3.27. The van der Waals surface area contributed by atoms with Gasteiger partial charge in [0, 0.05) is 38.6 Å². The first-order chi connectivity index (χ1) is 10.3. The van der Waals surface area contributed by atoms with Gasteiger partial charge in [-0.2, -0.15) is 0 Å². The summed E-state index contributed by atoms with van der Waals surface area (Å²) >= 11 is 0. The fourth-order valence-corrected chi connectivity index (χ4v) is 3.27. The van der Waals surface area contributed by atoms with Gasteiger partial charge in [0.1, 0.15) is 0 Å². The maximum Gasteiger partial charge on any atom is 0.224 e. The van der Waals surface area contributed by atoms with E-state index in [-0.39, 0.29) is 0 Å². The summed E-state index contributed by atoms with van der Waals surface area (Å²) in [6.07, 6.45) is 4.49. The lowest BCUT2D eigenvalue weighted by molar-refractivity contribution is -0.133. The minimum atomic E-state index is 0.323. The molecule has 3 rings (SSSR count). The minimum absolute atomic E-state index is 0.323. The number of hydrogen-bond donors (Lipinski definition) is 0. The molecule has 2 aliphatic rings. The number of nitrogens with zero attached hydrogens (tertiary/aromatic N) is 2. The molecule has 1 aromatic rings. The van der Waals surface area contributed by atoms with E-state index in [0.29, 0.717) is 18.4 Å². The highest BCUT2D eigenvalue weighted by Crippen LogP contribution is 2.30. The van der Waals surface area contributed by atoms with E-state index in [1.807, 2.05) is 6.07 Å². The third-order valence-corrected chi connectivity index (χ3v) is 4.75. The zero-order valence-corrected chi connectivity index (χ0v) is 13.0. The molecule has 1 aromatic carbocycles. The van der Waals surface area contributed by atoms with Crippen molar-refractivity contribution in [1.29, 1.82) is 0 Å². The van der Waals surface area contributed by atoms with E-state index in [9.17, 15) is 4.79 Å². The first kappa shape index (κ1) is 14.6. The van der Waals surface area contributed by atoms with Gasteiger partial charge >= 0.3 is 0 Å². The van der Waals surface area contributed by atoms with Crippen molar-refractivity contribution in [3.63, 3.8) is 0 Å². The number of benzene rings is 1. The molecule has 2 fully saturated rings. The molecule has 1 amide bonds. The predicted octanol–water partition coefficient (Wildman–Crippen LogP) is 2.91. The summed E-state index contributed by atoms with van der Waals surface area (Å²) in [7, 11) is 0. The maximum atomic E-state index is 12.5. The summed E-state index contributed by atoms with van der Waals surface area (Å²) in [5.41, 5.74) is 1.24. The van der Waals surface area contributed by atoms with Crippen LogP contribution in [-0.4, -0.2) is 41.4 Å². The van der Waals surface area contributed by atoms with Gasteiger partial charge in [0.05, 0.1) is 0 Å². The highest BCUT2D eigenvalue weighted by Gasteiger charge is 2.31. The highest BCUT2D eigenvalue weighted by molar-refractivity contribution is 5.77. The zero-order chi connectivity index (χ0) is 14.7. The summed E-state index contributed by atoms with van der Waals surface area (Å²) in [5.74, 6) is 1.22. The number of carbonyl (C=O) groups is 1. The molecule has 1 atom stereocenters. The molecular weight excluding hydrogens is 260 g/mol. The largest absolute Gasteiger partial charge is 0.334 e. The van der Waals surface area contributed by atoms with Crippen molar-refractivity contribution in [2.45, 2.75) is 45.2 Å². The molecule has 0 bridgehead atoms. The van der Waals surface area contributed by atoms with E-state index in [1.165, 1.54) is 24.9 Å². The molecular formula is C18H26N2O. The fraction of sp³-hybridized carbons (Fsp3) is 0.611. The molecule has 1 heterocycles. The summed E-state index contributed by atoms with van der Waals surface area (Å²) in [6, 6.07) is 10.7. The monoisotopic (exact) mass is 286 g/mol. The third kappa shape index (κ3) is 3.85. The van der Waals surface area contributed by atoms with Crippen LogP contribution in [0.25, 0.3) is 0 Å².